The fraction of sp³-hybridized carbons (Fsp3) is 0.750. The second kappa shape index (κ2) is 6.91. The zero-order chi connectivity index (χ0) is 14.5. The van der Waals surface area contributed by atoms with Crippen molar-refractivity contribution in [3.05, 3.63) is 11.9 Å². The van der Waals surface area contributed by atoms with Crippen LogP contribution in [-0.2, 0) is 6.42 Å². The van der Waals surface area contributed by atoms with Crippen molar-refractivity contribution in [3.63, 3.8) is 0 Å². The quantitative estimate of drug-likeness (QED) is 0.789. The van der Waals surface area contributed by atoms with Crippen molar-refractivity contribution in [1.82, 2.24) is 9.97 Å². The van der Waals surface area contributed by atoms with Crippen LogP contribution in [0.4, 0.5) is 11.6 Å². The molecule has 0 saturated heterocycles. The average molecular weight is 276 g/mol. The van der Waals surface area contributed by atoms with E-state index in [2.05, 4.69) is 49.0 Å². The Bertz CT molecular complexity index is 402. The molecule has 0 amide bonds. The zero-order valence-electron chi connectivity index (χ0n) is 13.3. The number of hydrogen-bond acceptors (Lipinski definition) is 4. The molecule has 1 aromatic rings. The van der Waals surface area contributed by atoms with E-state index in [1.54, 1.807) is 0 Å². The van der Waals surface area contributed by atoms with Crippen molar-refractivity contribution in [1.29, 1.82) is 0 Å². The van der Waals surface area contributed by atoms with Gasteiger partial charge in [0.15, 0.2) is 0 Å². The summed E-state index contributed by atoms with van der Waals surface area (Å²) in [5.41, 5.74) is 0. The summed E-state index contributed by atoms with van der Waals surface area (Å²) in [5, 5.41) is 3.33. The molecule has 20 heavy (non-hydrogen) atoms. The first-order chi connectivity index (χ1) is 9.63. The molecule has 4 heteroatoms. The maximum absolute atomic E-state index is 4.78. The summed E-state index contributed by atoms with van der Waals surface area (Å²) < 4.78 is 0. The van der Waals surface area contributed by atoms with Gasteiger partial charge in [0.2, 0.25) is 0 Å². The topological polar surface area (TPSA) is 41.1 Å². The molecule has 0 spiro atoms. The Balaban J connectivity index is 2.25. The van der Waals surface area contributed by atoms with E-state index in [1.807, 2.05) is 0 Å². The number of hydrogen-bond donors (Lipinski definition) is 1. The average Bonchev–Trinajstić information content (AvgIpc) is 3.20. The Morgan fingerprint density at radius 2 is 2.05 bits per heavy atom. The molecular formula is C16H28N4. The van der Waals surface area contributed by atoms with Gasteiger partial charge in [-0.25, -0.2) is 9.97 Å². The van der Waals surface area contributed by atoms with Crippen molar-refractivity contribution >= 4 is 11.6 Å². The normalized spacial score (nSPS) is 14.7. The van der Waals surface area contributed by atoms with Crippen molar-refractivity contribution < 1.29 is 0 Å². The number of aryl methyl sites for hydroxylation is 1. The van der Waals surface area contributed by atoms with Gasteiger partial charge < -0.3 is 10.2 Å². The molecule has 1 aliphatic rings. The molecule has 0 aromatic carbocycles. The lowest BCUT2D eigenvalue weighted by atomic mass is 10.2. The first-order valence-corrected chi connectivity index (χ1v) is 8.02. The van der Waals surface area contributed by atoms with Gasteiger partial charge in [0, 0.05) is 31.6 Å². The second-order valence-corrected chi connectivity index (χ2v) is 6.00. The fourth-order valence-electron chi connectivity index (χ4n) is 2.38. The van der Waals surface area contributed by atoms with Gasteiger partial charge in [-0.2, -0.15) is 0 Å². The zero-order valence-corrected chi connectivity index (χ0v) is 13.3. The molecule has 1 N–H and O–H groups in total. The standard InChI is InChI=1S/C16H28N4/c1-5-7-14-18-15(17-6-2)10-16(19-14)20(12(3)4)11-13-8-9-13/h10,12-13H,5-9,11H2,1-4H3,(H,17,18,19). The lowest BCUT2D eigenvalue weighted by Gasteiger charge is -2.28. The molecule has 0 aliphatic heterocycles. The smallest absolute Gasteiger partial charge is 0.134 e. The number of nitrogens with zero attached hydrogens (tertiary/aromatic N) is 3. The maximum atomic E-state index is 4.78. The first-order valence-electron chi connectivity index (χ1n) is 8.02. The lowest BCUT2D eigenvalue weighted by molar-refractivity contribution is 0.633. The van der Waals surface area contributed by atoms with Gasteiger partial charge in [-0.3, -0.25) is 0 Å². The molecular weight excluding hydrogens is 248 g/mol. The van der Waals surface area contributed by atoms with Crippen LogP contribution in [-0.4, -0.2) is 29.1 Å². The van der Waals surface area contributed by atoms with E-state index in [4.69, 9.17) is 4.98 Å². The summed E-state index contributed by atoms with van der Waals surface area (Å²) in [6, 6.07) is 2.58. The summed E-state index contributed by atoms with van der Waals surface area (Å²) in [6.45, 7) is 10.8. The highest BCUT2D eigenvalue weighted by Crippen LogP contribution is 2.32. The summed E-state index contributed by atoms with van der Waals surface area (Å²) in [4.78, 5) is 11.8. The summed E-state index contributed by atoms with van der Waals surface area (Å²) >= 11 is 0. The van der Waals surface area contributed by atoms with E-state index in [-0.39, 0.29) is 0 Å². The van der Waals surface area contributed by atoms with Crippen LogP contribution in [0.15, 0.2) is 6.07 Å². The van der Waals surface area contributed by atoms with Gasteiger partial charge >= 0.3 is 0 Å². The van der Waals surface area contributed by atoms with Crippen LogP contribution in [0.1, 0.15) is 52.8 Å². The molecule has 1 aromatic heterocycles. The van der Waals surface area contributed by atoms with E-state index in [1.165, 1.54) is 12.8 Å². The van der Waals surface area contributed by atoms with Gasteiger partial charge in [-0.1, -0.05) is 6.92 Å². The van der Waals surface area contributed by atoms with Crippen LogP contribution in [0, 0.1) is 5.92 Å². The van der Waals surface area contributed by atoms with E-state index >= 15 is 0 Å². The largest absolute Gasteiger partial charge is 0.370 e. The minimum atomic E-state index is 0.481. The maximum Gasteiger partial charge on any atom is 0.134 e. The second-order valence-electron chi connectivity index (χ2n) is 6.00. The first kappa shape index (κ1) is 15.1. The number of aromatic nitrogens is 2. The molecule has 0 bridgehead atoms. The third kappa shape index (κ3) is 4.09. The fourth-order valence-corrected chi connectivity index (χ4v) is 2.38. The van der Waals surface area contributed by atoms with Gasteiger partial charge in [0.25, 0.3) is 0 Å². The Morgan fingerprint density at radius 1 is 1.30 bits per heavy atom. The van der Waals surface area contributed by atoms with E-state index in [9.17, 15) is 0 Å². The highest BCUT2D eigenvalue weighted by atomic mass is 15.2. The minimum absolute atomic E-state index is 0.481. The Hall–Kier alpha value is -1.32. The van der Waals surface area contributed by atoms with E-state index in [0.717, 1.165) is 49.3 Å². The molecule has 0 unspecified atom stereocenters. The molecule has 1 saturated carbocycles. The SMILES string of the molecule is CCCc1nc(NCC)cc(N(CC2CC2)C(C)C)n1. The van der Waals surface area contributed by atoms with Crippen LogP contribution < -0.4 is 10.2 Å². The Morgan fingerprint density at radius 3 is 2.60 bits per heavy atom. The monoisotopic (exact) mass is 276 g/mol. The molecule has 2 rings (SSSR count). The number of nitrogens with one attached hydrogen (secondary N) is 1. The van der Waals surface area contributed by atoms with Crippen molar-refractivity contribution in [3.8, 4) is 0 Å². The van der Waals surface area contributed by atoms with Crippen LogP contribution in [0.5, 0.6) is 0 Å². The van der Waals surface area contributed by atoms with Crippen LogP contribution >= 0.6 is 0 Å². The van der Waals surface area contributed by atoms with Gasteiger partial charge in [0.1, 0.15) is 17.5 Å². The van der Waals surface area contributed by atoms with Crippen LogP contribution in [0.2, 0.25) is 0 Å². The number of anilines is 2. The number of rotatable bonds is 8. The third-order valence-electron chi connectivity index (χ3n) is 3.66. The van der Waals surface area contributed by atoms with Gasteiger partial charge in [0.05, 0.1) is 0 Å². The van der Waals surface area contributed by atoms with E-state index in [0.29, 0.717) is 6.04 Å². The third-order valence-corrected chi connectivity index (χ3v) is 3.66. The molecule has 1 aliphatic carbocycles. The molecule has 0 atom stereocenters. The van der Waals surface area contributed by atoms with Crippen LogP contribution in [0.3, 0.4) is 0 Å². The molecule has 112 valence electrons. The predicted molar refractivity (Wildman–Crippen MR) is 85.4 cm³/mol. The summed E-state index contributed by atoms with van der Waals surface area (Å²) in [5.74, 6) is 3.87. The summed E-state index contributed by atoms with van der Waals surface area (Å²) in [7, 11) is 0. The Labute approximate surface area is 123 Å². The van der Waals surface area contributed by atoms with Gasteiger partial charge in [-0.05, 0) is 46.0 Å². The molecule has 0 radical (unpaired) electrons. The van der Waals surface area contributed by atoms with Crippen LogP contribution in [0.25, 0.3) is 0 Å². The lowest BCUT2D eigenvalue weighted by Crippen LogP contribution is -2.33. The van der Waals surface area contributed by atoms with Gasteiger partial charge in [-0.15, -0.1) is 0 Å². The molecule has 1 fully saturated rings. The Kier molecular flexibility index (Phi) is 5.21. The minimum Gasteiger partial charge on any atom is -0.370 e. The highest BCUT2D eigenvalue weighted by Gasteiger charge is 2.26. The molecule has 1 heterocycles. The van der Waals surface area contributed by atoms with Crippen molar-refractivity contribution in [2.75, 3.05) is 23.3 Å². The van der Waals surface area contributed by atoms with Crippen molar-refractivity contribution in [2.45, 2.75) is 59.4 Å². The highest BCUT2D eigenvalue weighted by molar-refractivity contribution is 5.50. The summed E-state index contributed by atoms with van der Waals surface area (Å²) in [6.07, 6.45) is 4.77. The van der Waals surface area contributed by atoms with E-state index < -0.39 is 0 Å². The molecule has 4 nitrogen and oxygen atoms in total. The predicted octanol–water partition coefficient (Wildman–Crippen LogP) is 3.49. The van der Waals surface area contributed by atoms with Crippen molar-refractivity contribution in [2.24, 2.45) is 5.92 Å².